The molecule has 0 aliphatic rings. The zero-order valence-corrected chi connectivity index (χ0v) is 12.8. The molecule has 2 aromatic carbocycles. The summed E-state index contributed by atoms with van der Waals surface area (Å²) in [5.74, 6) is 1.71. The van der Waals surface area contributed by atoms with Gasteiger partial charge in [-0.15, -0.1) is 11.8 Å². The van der Waals surface area contributed by atoms with Gasteiger partial charge in [-0.25, -0.2) is 4.98 Å². The Hall–Kier alpha value is -1.26. The first kappa shape index (κ1) is 12.8. The number of hydrogen-bond donors (Lipinski definition) is 0. The van der Waals surface area contributed by atoms with E-state index in [1.165, 1.54) is 4.90 Å². The Labute approximate surface area is 124 Å². The summed E-state index contributed by atoms with van der Waals surface area (Å²) in [6.07, 6.45) is 0. The number of fused-ring (bicyclic) bond motifs is 1. The van der Waals surface area contributed by atoms with E-state index in [0.717, 1.165) is 26.9 Å². The van der Waals surface area contributed by atoms with Gasteiger partial charge in [0, 0.05) is 9.37 Å². The lowest BCUT2D eigenvalue weighted by atomic mass is 10.2. The molecule has 0 spiro atoms. The van der Waals surface area contributed by atoms with Crippen LogP contribution in [0.3, 0.4) is 0 Å². The van der Waals surface area contributed by atoms with Gasteiger partial charge in [-0.3, -0.25) is 0 Å². The van der Waals surface area contributed by atoms with Crippen LogP contribution < -0.4 is 0 Å². The first-order valence-corrected chi connectivity index (χ1v) is 7.84. The third-order valence-electron chi connectivity index (χ3n) is 2.77. The molecule has 96 valence electrons. The van der Waals surface area contributed by atoms with Crippen molar-refractivity contribution in [2.45, 2.75) is 11.8 Å². The Bertz CT molecular complexity index is 723. The Kier molecular flexibility index (Phi) is 3.62. The number of benzene rings is 2. The quantitative estimate of drug-likeness (QED) is 0.602. The highest BCUT2D eigenvalue weighted by atomic mass is 79.9. The number of thioether (sulfide) groups is 1. The highest BCUT2D eigenvalue weighted by molar-refractivity contribution is 9.10. The normalized spacial score (nSPS) is 11.1. The molecule has 3 aromatic rings. The van der Waals surface area contributed by atoms with E-state index in [4.69, 9.17) is 4.42 Å². The monoisotopic (exact) mass is 333 g/mol. The molecule has 0 amide bonds. The fourth-order valence-corrected chi connectivity index (χ4v) is 3.06. The molecule has 0 saturated heterocycles. The van der Waals surface area contributed by atoms with Gasteiger partial charge in [0.25, 0.3) is 0 Å². The van der Waals surface area contributed by atoms with Crippen molar-refractivity contribution in [3.63, 3.8) is 0 Å². The van der Waals surface area contributed by atoms with Crippen LogP contribution in [0.5, 0.6) is 0 Å². The smallest absolute Gasteiger partial charge is 0.228 e. The second-order valence-corrected chi connectivity index (χ2v) is 6.25. The van der Waals surface area contributed by atoms with Gasteiger partial charge in [-0.05, 0) is 52.0 Å². The topological polar surface area (TPSA) is 26.0 Å². The summed E-state index contributed by atoms with van der Waals surface area (Å²) in [6, 6.07) is 14.1. The van der Waals surface area contributed by atoms with E-state index in [1.807, 2.05) is 42.1 Å². The SMILES string of the molecule is CCSc1ccc2oc(-c3ccccc3Br)nc2c1. The van der Waals surface area contributed by atoms with E-state index in [0.29, 0.717) is 5.89 Å². The second kappa shape index (κ2) is 5.39. The average Bonchev–Trinajstić information content (AvgIpc) is 2.82. The standard InChI is InChI=1S/C15H12BrNOS/c1-2-19-10-7-8-14-13(9-10)17-15(18-14)11-5-3-4-6-12(11)16/h3-9H,2H2,1H3. The van der Waals surface area contributed by atoms with E-state index in [1.54, 1.807) is 0 Å². The molecule has 2 nitrogen and oxygen atoms in total. The van der Waals surface area contributed by atoms with Gasteiger partial charge >= 0.3 is 0 Å². The minimum atomic E-state index is 0.654. The van der Waals surface area contributed by atoms with Crippen LogP contribution in [0.15, 0.2) is 56.2 Å². The van der Waals surface area contributed by atoms with Crippen molar-refractivity contribution >= 4 is 38.8 Å². The average molecular weight is 334 g/mol. The summed E-state index contributed by atoms with van der Waals surface area (Å²) >= 11 is 5.33. The molecule has 0 N–H and O–H groups in total. The van der Waals surface area contributed by atoms with Gasteiger partial charge in [0.15, 0.2) is 5.58 Å². The maximum Gasteiger partial charge on any atom is 0.228 e. The van der Waals surface area contributed by atoms with Crippen molar-refractivity contribution in [1.82, 2.24) is 4.98 Å². The summed E-state index contributed by atoms with van der Waals surface area (Å²) in [4.78, 5) is 5.80. The zero-order valence-electron chi connectivity index (χ0n) is 10.4. The molecule has 0 fully saturated rings. The van der Waals surface area contributed by atoms with E-state index in [2.05, 4.69) is 40.0 Å². The molecule has 0 unspecified atom stereocenters. The van der Waals surface area contributed by atoms with Gasteiger partial charge in [-0.1, -0.05) is 19.1 Å². The number of nitrogens with zero attached hydrogens (tertiary/aromatic N) is 1. The molecule has 3 rings (SSSR count). The Balaban J connectivity index is 2.09. The van der Waals surface area contributed by atoms with Gasteiger partial charge in [0.1, 0.15) is 5.52 Å². The largest absolute Gasteiger partial charge is 0.436 e. The van der Waals surface area contributed by atoms with Crippen molar-refractivity contribution < 1.29 is 4.42 Å². The summed E-state index contributed by atoms with van der Waals surface area (Å²) in [7, 11) is 0. The van der Waals surface area contributed by atoms with Crippen molar-refractivity contribution in [1.29, 1.82) is 0 Å². The number of halogens is 1. The van der Waals surface area contributed by atoms with Crippen LogP contribution in [0.4, 0.5) is 0 Å². The number of rotatable bonds is 3. The predicted octanol–water partition coefficient (Wildman–Crippen LogP) is 5.37. The number of hydrogen-bond acceptors (Lipinski definition) is 3. The number of oxazole rings is 1. The lowest BCUT2D eigenvalue weighted by Gasteiger charge is -1.97. The molecule has 0 bridgehead atoms. The highest BCUT2D eigenvalue weighted by Gasteiger charge is 2.11. The van der Waals surface area contributed by atoms with Crippen LogP contribution in [0.1, 0.15) is 6.92 Å². The highest BCUT2D eigenvalue weighted by Crippen LogP contribution is 2.31. The van der Waals surface area contributed by atoms with Crippen molar-refractivity contribution in [2.75, 3.05) is 5.75 Å². The van der Waals surface area contributed by atoms with Crippen LogP contribution in [0.2, 0.25) is 0 Å². The van der Waals surface area contributed by atoms with Crippen LogP contribution in [-0.4, -0.2) is 10.7 Å². The fourth-order valence-electron chi connectivity index (χ4n) is 1.91. The first-order valence-electron chi connectivity index (χ1n) is 6.06. The molecule has 0 radical (unpaired) electrons. The molecule has 4 heteroatoms. The summed E-state index contributed by atoms with van der Waals surface area (Å²) < 4.78 is 6.81. The van der Waals surface area contributed by atoms with Crippen LogP contribution in [0.25, 0.3) is 22.6 Å². The molecular weight excluding hydrogens is 322 g/mol. The molecule has 19 heavy (non-hydrogen) atoms. The lowest BCUT2D eigenvalue weighted by Crippen LogP contribution is -1.78. The molecular formula is C15H12BrNOS. The third kappa shape index (κ3) is 2.55. The fraction of sp³-hybridized carbons (Fsp3) is 0.133. The Morgan fingerprint density at radius 1 is 1.21 bits per heavy atom. The third-order valence-corrected chi connectivity index (χ3v) is 4.34. The minimum Gasteiger partial charge on any atom is -0.436 e. The molecule has 0 aliphatic carbocycles. The van der Waals surface area contributed by atoms with E-state index < -0.39 is 0 Å². The zero-order chi connectivity index (χ0) is 13.2. The van der Waals surface area contributed by atoms with Crippen LogP contribution in [0, 0.1) is 0 Å². The van der Waals surface area contributed by atoms with Gasteiger partial charge in [0.2, 0.25) is 5.89 Å². The maximum absolute atomic E-state index is 5.82. The number of aromatic nitrogens is 1. The molecule has 0 atom stereocenters. The summed E-state index contributed by atoms with van der Waals surface area (Å²) in [6.45, 7) is 2.14. The summed E-state index contributed by atoms with van der Waals surface area (Å²) in [5.41, 5.74) is 2.71. The summed E-state index contributed by atoms with van der Waals surface area (Å²) in [5, 5.41) is 0. The molecule has 0 aliphatic heterocycles. The van der Waals surface area contributed by atoms with Crippen LogP contribution >= 0.6 is 27.7 Å². The van der Waals surface area contributed by atoms with Crippen LogP contribution in [-0.2, 0) is 0 Å². The lowest BCUT2D eigenvalue weighted by molar-refractivity contribution is 0.619. The predicted molar refractivity (Wildman–Crippen MR) is 83.5 cm³/mol. The minimum absolute atomic E-state index is 0.654. The van der Waals surface area contributed by atoms with E-state index >= 15 is 0 Å². The Morgan fingerprint density at radius 3 is 2.84 bits per heavy atom. The van der Waals surface area contributed by atoms with E-state index in [-0.39, 0.29) is 0 Å². The van der Waals surface area contributed by atoms with Gasteiger partial charge in [-0.2, -0.15) is 0 Å². The van der Waals surface area contributed by atoms with Gasteiger partial charge < -0.3 is 4.42 Å². The first-order chi connectivity index (χ1) is 9.28. The van der Waals surface area contributed by atoms with Crippen molar-refractivity contribution in [3.05, 3.63) is 46.9 Å². The molecule has 1 heterocycles. The van der Waals surface area contributed by atoms with Crippen molar-refractivity contribution in [2.24, 2.45) is 0 Å². The van der Waals surface area contributed by atoms with Gasteiger partial charge in [0.05, 0.1) is 5.56 Å². The van der Waals surface area contributed by atoms with E-state index in [9.17, 15) is 0 Å². The van der Waals surface area contributed by atoms with Crippen molar-refractivity contribution in [3.8, 4) is 11.5 Å². The molecule has 0 saturated carbocycles. The maximum atomic E-state index is 5.82. The second-order valence-electron chi connectivity index (χ2n) is 4.06. The molecule has 1 aromatic heterocycles. The Morgan fingerprint density at radius 2 is 2.05 bits per heavy atom.